The highest BCUT2D eigenvalue weighted by Crippen LogP contribution is 2.43. The Labute approximate surface area is 372 Å². The van der Waals surface area contributed by atoms with Crippen LogP contribution in [0.5, 0.6) is 0 Å². The van der Waals surface area contributed by atoms with Crippen molar-refractivity contribution in [1.29, 1.82) is 0 Å². The van der Waals surface area contributed by atoms with Gasteiger partial charge in [-0.05, 0) is 44.9 Å². The minimum atomic E-state index is -4.76. The number of carboxylic acid groups (broad SMARTS) is 1. The Balaban J connectivity index is 3.82. The standard InChI is InChI=1S/C49H92NO10P/c1-3-5-7-9-11-13-15-17-19-21-22-23-25-27-29-31-33-35-37-39-41-48(53)58-42-45(51)43-59-61(56,57)60-44-46(49(54)55)50-47(52)40-38-36-34-32-30-28-26-24-20-18-16-14-12-10-8-6-4-2/h12,14,18,20,45-46,51H,3-11,13,15-17,19,21-44H2,1-2H3,(H,50,52)(H,54,55)(H,56,57)/b14-12-,20-18-. The lowest BCUT2D eigenvalue weighted by molar-refractivity contribution is -0.147. The van der Waals surface area contributed by atoms with Crippen LogP contribution in [0.25, 0.3) is 0 Å². The van der Waals surface area contributed by atoms with E-state index in [1.807, 2.05) is 0 Å². The van der Waals surface area contributed by atoms with Gasteiger partial charge in [0.15, 0.2) is 6.04 Å². The summed E-state index contributed by atoms with van der Waals surface area (Å²) in [6, 6.07) is -1.55. The highest BCUT2D eigenvalue weighted by molar-refractivity contribution is 7.47. The van der Waals surface area contributed by atoms with Gasteiger partial charge in [0.05, 0.1) is 13.2 Å². The van der Waals surface area contributed by atoms with Crippen LogP contribution in [0.15, 0.2) is 24.3 Å². The van der Waals surface area contributed by atoms with Gasteiger partial charge < -0.3 is 25.2 Å². The molecule has 3 atom stereocenters. The number of phosphoric ester groups is 1. The van der Waals surface area contributed by atoms with Gasteiger partial charge >= 0.3 is 19.8 Å². The fourth-order valence-electron chi connectivity index (χ4n) is 7.11. The predicted molar refractivity (Wildman–Crippen MR) is 249 cm³/mol. The van der Waals surface area contributed by atoms with E-state index in [1.54, 1.807) is 0 Å². The molecule has 0 aliphatic heterocycles. The number of aliphatic hydroxyl groups is 1. The van der Waals surface area contributed by atoms with Gasteiger partial charge in [0.2, 0.25) is 5.91 Å². The molecular formula is C49H92NO10P. The van der Waals surface area contributed by atoms with Gasteiger partial charge in [-0.3, -0.25) is 18.6 Å². The summed E-state index contributed by atoms with van der Waals surface area (Å²) >= 11 is 0. The molecule has 0 bridgehead atoms. The maximum atomic E-state index is 12.3. The third-order valence-electron chi connectivity index (χ3n) is 11.0. The highest BCUT2D eigenvalue weighted by atomic mass is 31.2. The van der Waals surface area contributed by atoms with Crippen LogP contribution in [0, 0.1) is 0 Å². The molecule has 1 amide bonds. The number of ether oxygens (including phenoxy) is 1. The summed E-state index contributed by atoms with van der Waals surface area (Å²) in [6.45, 7) is 2.60. The second-order valence-electron chi connectivity index (χ2n) is 17.0. The van der Waals surface area contributed by atoms with Crippen LogP contribution in [0.1, 0.15) is 239 Å². The van der Waals surface area contributed by atoms with Gasteiger partial charge in [0, 0.05) is 12.8 Å². The number of carbonyl (C=O) groups excluding carboxylic acids is 2. The van der Waals surface area contributed by atoms with Crippen LogP contribution < -0.4 is 5.32 Å². The van der Waals surface area contributed by atoms with E-state index in [1.165, 1.54) is 141 Å². The number of allylic oxidation sites excluding steroid dienone is 4. The average molecular weight is 886 g/mol. The molecule has 0 aliphatic rings. The molecule has 0 aromatic carbocycles. The van der Waals surface area contributed by atoms with E-state index in [0.29, 0.717) is 12.8 Å². The van der Waals surface area contributed by atoms with Crippen LogP contribution in [0.3, 0.4) is 0 Å². The number of amides is 1. The molecule has 11 nitrogen and oxygen atoms in total. The second kappa shape index (κ2) is 44.6. The van der Waals surface area contributed by atoms with Gasteiger partial charge in [0.1, 0.15) is 12.7 Å². The lowest BCUT2D eigenvalue weighted by Crippen LogP contribution is -2.43. The number of rotatable bonds is 47. The van der Waals surface area contributed by atoms with Gasteiger partial charge in [-0.1, -0.05) is 205 Å². The van der Waals surface area contributed by atoms with Crippen molar-refractivity contribution in [2.24, 2.45) is 0 Å². The van der Waals surface area contributed by atoms with Crippen molar-refractivity contribution in [3.63, 3.8) is 0 Å². The molecule has 0 spiro atoms. The third kappa shape index (κ3) is 44.4. The van der Waals surface area contributed by atoms with Crippen LogP contribution in [-0.2, 0) is 32.7 Å². The zero-order valence-corrected chi connectivity index (χ0v) is 39.9. The minimum absolute atomic E-state index is 0.138. The molecule has 0 heterocycles. The number of carboxylic acids is 1. The number of esters is 1. The van der Waals surface area contributed by atoms with E-state index in [-0.39, 0.29) is 12.8 Å². The Bertz CT molecular complexity index is 1130. The molecule has 4 N–H and O–H groups in total. The van der Waals surface area contributed by atoms with Crippen molar-refractivity contribution < 1.29 is 47.8 Å². The summed E-state index contributed by atoms with van der Waals surface area (Å²) in [6.07, 6.45) is 47.7. The molecule has 0 rings (SSSR count). The lowest BCUT2D eigenvalue weighted by atomic mass is 10.0. The van der Waals surface area contributed by atoms with Gasteiger partial charge in [-0.25, -0.2) is 9.36 Å². The maximum absolute atomic E-state index is 12.3. The first-order chi connectivity index (χ1) is 29.6. The first-order valence-electron chi connectivity index (χ1n) is 24.9. The molecule has 12 heteroatoms. The van der Waals surface area contributed by atoms with E-state index in [2.05, 4.69) is 43.5 Å². The molecule has 0 aromatic heterocycles. The number of hydrogen-bond acceptors (Lipinski definition) is 8. The number of aliphatic hydroxyl groups excluding tert-OH is 1. The quantitative estimate of drug-likeness (QED) is 0.0200. The monoisotopic (exact) mass is 886 g/mol. The van der Waals surface area contributed by atoms with Crippen molar-refractivity contribution in [2.45, 2.75) is 251 Å². The summed E-state index contributed by atoms with van der Waals surface area (Å²) < 4.78 is 26.9. The zero-order valence-electron chi connectivity index (χ0n) is 39.0. The summed E-state index contributed by atoms with van der Waals surface area (Å²) in [5.41, 5.74) is 0. The topological polar surface area (TPSA) is 169 Å². The molecule has 358 valence electrons. The molecule has 0 aromatic rings. The number of phosphoric acid groups is 1. The van der Waals surface area contributed by atoms with Crippen LogP contribution in [-0.4, -0.2) is 64.9 Å². The fraction of sp³-hybridized carbons (Fsp3) is 0.857. The smallest absolute Gasteiger partial charge is 0.472 e. The predicted octanol–water partition coefficient (Wildman–Crippen LogP) is 13.4. The molecule has 0 saturated carbocycles. The van der Waals surface area contributed by atoms with Gasteiger partial charge in [-0.15, -0.1) is 0 Å². The molecular weight excluding hydrogens is 794 g/mol. The second-order valence-corrected chi connectivity index (χ2v) is 18.5. The molecule has 0 saturated heterocycles. The number of unbranched alkanes of at least 4 members (excludes halogenated alkanes) is 29. The van der Waals surface area contributed by atoms with Crippen molar-refractivity contribution >= 4 is 25.7 Å². The largest absolute Gasteiger partial charge is 0.480 e. The Kier molecular flexibility index (Phi) is 43.1. The molecule has 61 heavy (non-hydrogen) atoms. The van der Waals surface area contributed by atoms with Crippen molar-refractivity contribution in [3.05, 3.63) is 24.3 Å². The van der Waals surface area contributed by atoms with E-state index < -0.39 is 57.6 Å². The Hall–Kier alpha value is -2.04. The van der Waals surface area contributed by atoms with E-state index >= 15 is 0 Å². The summed E-state index contributed by atoms with van der Waals surface area (Å²) in [5, 5.41) is 21.9. The highest BCUT2D eigenvalue weighted by Gasteiger charge is 2.28. The van der Waals surface area contributed by atoms with Gasteiger partial charge in [-0.2, -0.15) is 0 Å². The van der Waals surface area contributed by atoms with Gasteiger partial charge in [0.25, 0.3) is 0 Å². The Morgan fingerprint density at radius 2 is 0.902 bits per heavy atom. The molecule has 3 unspecified atom stereocenters. The lowest BCUT2D eigenvalue weighted by Gasteiger charge is -2.18. The number of hydrogen-bond donors (Lipinski definition) is 4. The van der Waals surface area contributed by atoms with Crippen molar-refractivity contribution in [2.75, 3.05) is 19.8 Å². The first kappa shape index (κ1) is 59.0. The van der Waals surface area contributed by atoms with Crippen LogP contribution in [0.4, 0.5) is 0 Å². The SMILES string of the molecule is CCCCC/C=C\C/C=C\CCCCCCCCCC(=O)NC(COP(=O)(O)OCC(O)COC(=O)CCCCCCCCCCCCCCCCCCCCCC)C(=O)O. The first-order valence-corrected chi connectivity index (χ1v) is 26.4. The number of carbonyl (C=O) groups is 3. The van der Waals surface area contributed by atoms with E-state index in [4.69, 9.17) is 13.8 Å². The minimum Gasteiger partial charge on any atom is -0.480 e. The average Bonchev–Trinajstić information content (AvgIpc) is 3.24. The normalized spacial score (nSPS) is 13.8. The number of nitrogens with one attached hydrogen (secondary N) is 1. The summed E-state index contributed by atoms with van der Waals surface area (Å²) in [5.74, 6) is -2.37. The molecule has 0 fully saturated rings. The van der Waals surface area contributed by atoms with Crippen LogP contribution in [0.2, 0.25) is 0 Å². The van der Waals surface area contributed by atoms with E-state index in [9.17, 15) is 34.1 Å². The van der Waals surface area contributed by atoms with Crippen LogP contribution >= 0.6 is 7.82 Å². The Morgan fingerprint density at radius 1 is 0.525 bits per heavy atom. The maximum Gasteiger partial charge on any atom is 0.472 e. The molecule has 0 radical (unpaired) electrons. The number of aliphatic carboxylic acids is 1. The van der Waals surface area contributed by atoms with Crippen molar-refractivity contribution in [3.8, 4) is 0 Å². The van der Waals surface area contributed by atoms with Crippen molar-refractivity contribution in [1.82, 2.24) is 5.32 Å². The molecule has 0 aliphatic carbocycles. The van der Waals surface area contributed by atoms with E-state index in [0.717, 1.165) is 57.8 Å². The zero-order chi connectivity index (χ0) is 44.9. The summed E-state index contributed by atoms with van der Waals surface area (Å²) in [4.78, 5) is 46.1. The third-order valence-corrected chi connectivity index (χ3v) is 11.9. The summed E-state index contributed by atoms with van der Waals surface area (Å²) in [7, 11) is -4.76. The fourth-order valence-corrected chi connectivity index (χ4v) is 7.88. The Morgan fingerprint density at radius 3 is 1.36 bits per heavy atom.